The lowest BCUT2D eigenvalue weighted by molar-refractivity contribution is 0.356. The zero-order valence-electron chi connectivity index (χ0n) is 15.1. The van der Waals surface area contributed by atoms with Gasteiger partial charge in [0.05, 0.1) is 36.7 Å². The van der Waals surface area contributed by atoms with Crippen LogP contribution in [0.15, 0.2) is 54.7 Å². The van der Waals surface area contributed by atoms with E-state index in [0.717, 1.165) is 0 Å². The summed E-state index contributed by atoms with van der Waals surface area (Å²) < 4.78 is 35.4. The molecule has 10 heteroatoms. The van der Waals surface area contributed by atoms with Crippen molar-refractivity contribution in [2.24, 2.45) is 5.14 Å². The Kier molecular flexibility index (Phi) is 5.21. The highest BCUT2D eigenvalue weighted by molar-refractivity contribution is 7.87. The molecule has 1 aliphatic rings. The molecular weight excluding hydrogens is 382 g/mol. The maximum absolute atomic E-state index is 11.2. The monoisotopic (exact) mass is 399 g/mol. The number of nitrogens with one attached hydrogen (secondary N) is 1. The standard InChI is InChI=1S/C18H17N5O4S/c1-26-16-8-14-15(9-17(16)27-2)21-11-12(10-19)18(14)23-6-3-4-13(5-7-23)22-28(20,24)25/h3-9,11,22H,1-2H3,(H2,20,24,25). The summed E-state index contributed by atoms with van der Waals surface area (Å²) in [6, 6.07) is 5.58. The van der Waals surface area contributed by atoms with E-state index >= 15 is 0 Å². The average molecular weight is 399 g/mol. The zero-order valence-corrected chi connectivity index (χ0v) is 15.9. The smallest absolute Gasteiger partial charge is 0.296 e. The van der Waals surface area contributed by atoms with Gasteiger partial charge in [-0.15, -0.1) is 0 Å². The Bertz CT molecular complexity index is 1160. The molecule has 0 unspecified atom stereocenters. The Morgan fingerprint density at radius 3 is 2.57 bits per heavy atom. The van der Waals surface area contributed by atoms with Crippen LogP contribution in [0.5, 0.6) is 11.5 Å². The highest BCUT2D eigenvalue weighted by Crippen LogP contribution is 2.37. The van der Waals surface area contributed by atoms with Crippen molar-refractivity contribution in [3.05, 3.63) is 60.2 Å². The lowest BCUT2D eigenvalue weighted by Crippen LogP contribution is -2.29. The fraction of sp³-hybridized carbons (Fsp3) is 0.111. The number of nitrogens with zero attached hydrogens (tertiary/aromatic N) is 3. The molecule has 0 saturated carbocycles. The Labute approximate surface area is 162 Å². The predicted molar refractivity (Wildman–Crippen MR) is 105 cm³/mol. The summed E-state index contributed by atoms with van der Waals surface area (Å²) >= 11 is 0. The second-order valence-corrected chi connectivity index (χ2v) is 6.98. The van der Waals surface area contributed by atoms with Gasteiger partial charge in [0.2, 0.25) is 0 Å². The molecule has 2 aromatic rings. The van der Waals surface area contributed by atoms with Crippen LogP contribution in [0.2, 0.25) is 0 Å². The van der Waals surface area contributed by atoms with Crippen LogP contribution in [0.1, 0.15) is 5.56 Å². The lowest BCUT2D eigenvalue weighted by atomic mass is 10.1. The van der Waals surface area contributed by atoms with Gasteiger partial charge in [0.15, 0.2) is 11.5 Å². The molecule has 0 saturated heterocycles. The SMILES string of the molecule is COc1cc2ncc(C#N)c(N3C=CC=C(NS(N)(=O)=O)C=C3)c2cc1OC. The molecule has 0 fully saturated rings. The first-order valence-electron chi connectivity index (χ1n) is 7.96. The van der Waals surface area contributed by atoms with Gasteiger partial charge in [0.25, 0.3) is 10.2 Å². The van der Waals surface area contributed by atoms with Crippen LogP contribution >= 0.6 is 0 Å². The van der Waals surface area contributed by atoms with Crippen molar-refractivity contribution >= 4 is 26.8 Å². The van der Waals surface area contributed by atoms with Gasteiger partial charge in [-0.05, 0) is 24.3 Å². The van der Waals surface area contributed by atoms with Gasteiger partial charge in [0, 0.05) is 30.0 Å². The Balaban J connectivity index is 2.14. The summed E-state index contributed by atoms with van der Waals surface area (Å²) in [5.74, 6) is 1.01. The molecule has 3 N–H and O–H groups in total. The molecule has 0 aliphatic carbocycles. The number of fused-ring (bicyclic) bond motifs is 1. The first-order chi connectivity index (χ1) is 13.4. The average Bonchev–Trinajstić information content (AvgIpc) is 2.89. The summed E-state index contributed by atoms with van der Waals surface area (Å²) in [4.78, 5) is 6.01. The van der Waals surface area contributed by atoms with E-state index in [9.17, 15) is 13.7 Å². The number of ether oxygens (including phenoxy) is 2. The van der Waals surface area contributed by atoms with Gasteiger partial charge < -0.3 is 14.4 Å². The van der Waals surface area contributed by atoms with E-state index < -0.39 is 10.2 Å². The third kappa shape index (κ3) is 3.90. The molecule has 1 aromatic carbocycles. The van der Waals surface area contributed by atoms with Gasteiger partial charge in [-0.3, -0.25) is 9.71 Å². The van der Waals surface area contributed by atoms with Gasteiger partial charge >= 0.3 is 0 Å². The fourth-order valence-electron chi connectivity index (χ4n) is 2.75. The van der Waals surface area contributed by atoms with Crippen LogP contribution in [0, 0.1) is 11.3 Å². The van der Waals surface area contributed by atoms with Crippen molar-refractivity contribution < 1.29 is 17.9 Å². The summed E-state index contributed by atoms with van der Waals surface area (Å²) in [6.45, 7) is 0. The molecule has 0 amide bonds. The number of methoxy groups -OCH3 is 2. The van der Waals surface area contributed by atoms with Gasteiger partial charge in [-0.1, -0.05) is 0 Å². The Morgan fingerprint density at radius 1 is 1.21 bits per heavy atom. The summed E-state index contributed by atoms with van der Waals surface area (Å²) in [5.41, 5.74) is 1.77. The molecule has 0 radical (unpaired) electrons. The first-order valence-corrected chi connectivity index (χ1v) is 9.51. The van der Waals surface area contributed by atoms with Crippen molar-refractivity contribution in [1.82, 2.24) is 9.71 Å². The number of nitriles is 1. The number of hydrogen-bond donors (Lipinski definition) is 2. The Morgan fingerprint density at radius 2 is 1.93 bits per heavy atom. The van der Waals surface area contributed by atoms with E-state index in [0.29, 0.717) is 33.7 Å². The molecule has 0 spiro atoms. The number of rotatable bonds is 5. The van der Waals surface area contributed by atoms with Gasteiger partial charge in [-0.25, -0.2) is 5.14 Å². The summed E-state index contributed by atoms with van der Waals surface area (Å²) in [5, 5.41) is 15.2. The number of anilines is 1. The maximum Gasteiger partial charge on any atom is 0.296 e. The van der Waals surface area contributed by atoms with Gasteiger partial charge in [-0.2, -0.15) is 13.7 Å². The molecular formula is C18H17N5O4S. The van der Waals surface area contributed by atoms with Crippen LogP contribution in [-0.4, -0.2) is 27.6 Å². The summed E-state index contributed by atoms with van der Waals surface area (Å²) in [7, 11) is -0.853. The van der Waals surface area contributed by atoms with Crippen LogP contribution in [0.25, 0.3) is 10.9 Å². The third-order valence-corrected chi connectivity index (χ3v) is 4.44. The van der Waals surface area contributed by atoms with Crippen molar-refractivity contribution in [2.45, 2.75) is 0 Å². The van der Waals surface area contributed by atoms with Gasteiger partial charge in [0.1, 0.15) is 6.07 Å². The molecule has 1 aromatic heterocycles. The van der Waals surface area contributed by atoms with E-state index in [2.05, 4.69) is 15.8 Å². The number of benzene rings is 1. The molecule has 1 aliphatic heterocycles. The van der Waals surface area contributed by atoms with Crippen molar-refractivity contribution in [3.63, 3.8) is 0 Å². The van der Waals surface area contributed by atoms with Crippen LogP contribution < -0.4 is 24.2 Å². The third-order valence-electron chi connectivity index (χ3n) is 3.92. The number of aromatic nitrogens is 1. The number of nitrogens with two attached hydrogens (primary N) is 1. The highest BCUT2D eigenvalue weighted by Gasteiger charge is 2.17. The summed E-state index contributed by atoms with van der Waals surface area (Å²) in [6.07, 6.45) is 9.45. The van der Waals surface area contributed by atoms with E-state index in [4.69, 9.17) is 14.6 Å². The van der Waals surface area contributed by atoms with E-state index in [-0.39, 0.29) is 5.70 Å². The Hall–Kier alpha value is -3.55. The minimum absolute atomic E-state index is 0.275. The highest BCUT2D eigenvalue weighted by atomic mass is 32.2. The van der Waals surface area contributed by atoms with E-state index in [1.807, 2.05) is 0 Å². The number of pyridine rings is 1. The predicted octanol–water partition coefficient (Wildman–Crippen LogP) is 1.65. The normalized spacial score (nSPS) is 13.6. The lowest BCUT2D eigenvalue weighted by Gasteiger charge is -2.20. The second kappa shape index (κ2) is 7.59. The molecule has 0 atom stereocenters. The molecule has 0 bridgehead atoms. The fourth-order valence-corrected chi connectivity index (χ4v) is 3.22. The minimum atomic E-state index is -3.90. The molecule has 28 heavy (non-hydrogen) atoms. The number of allylic oxidation sites excluding steroid dienone is 3. The zero-order chi connectivity index (χ0) is 20.3. The van der Waals surface area contributed by atoms with Crippen molar-refractivity contribution in [3.8, 4) is 17.6 Å². The molecule has 9 nitrogen and oxygen atoms in total. The van der Waals surface area contributed by atoms with Crippen LogP contribution in [0.4, 0.5) is 5.69 Å². The van der Waals surface area contributed by atoms with Crippen LogP contribution in [-0.2, 0) is 10.2 Å². The molecule has 144 valence electrons. The minimum Gasteiger partial charge on any atom is -0.493 e. The largest absolute Gasteiger partial charge is 0.493 e. The first kappa shape index (κ1) is 19.2. The van der Waals surface area contributed by atoms with Crippen molar-refractivity contribution in [1.29, 1.82) is 5.26 Å². The maximum atomic E-state index is 11.2. The molecule has 3 rings (SSSR count). The number of hydrogen-bond acceptors (Lipinski definition) is 7. The van der Waals surface area contributed by atoms with E-state index in [1.54, 1.807) is 41.6 Å². The van der Waals surface area contributed by atoms with E-state index in [1.165, 1.54) is 26.5 Å². The molecule has 2 heterocycles. The topological polar surface area (TPSA) is 131 Å². The quantitative estimate of drug-likeness (QED) is 0.781. The van der Waals surface area contributed by atoms with Crippen LogP contribution in [0.3, 0.4) is 0 Å². The second-order valence-electron chi connectivity index (χ2n) is 5.69. The van der Waals surface area contributed by atoms with Crippen molar-refractivity contribution in [2.75, 3.05) is 19.1 Å².